The molecule has 0 unspecified atom stereocenters. The fourth-order valence-corrected chi connectivity index (χ4v) is 1.71. The van der Waals surface area contributed by atoms with Crippen LogP contribution in [-0.4, -0.2) is 11.9 Å². The summed E-state index contributed by atoms with van der Waals surface area (Å²) in [6.45, 7) is 0. The van der Waals surface area contributed by atoms with Gasteiger partial charge >= 0.3 is 19.5 Å². The Morgan fingerprint density at radius 3 is 1.28 bits per heavy atom. The van der Waals surface area contributed by atoms with Crippen molar-refractivity contribution in [2.45, 2.75) is 12.8 Å². The van der Waals surface area contributed by atoms with E-state index in [-0.39, 0.29) is 32.3 Å². The molecule has 0 spiro atoms. The molecular weight excluding hydrogens is 370 g/mol. The van der Waals surface area contributed by atoms with Crippen molar-refractivity contribution in [3.05, 3.63) is 83.9 Å². The number of carboxylic acids is 2. The Hall–Kier alpha value is -2.52. The van der Waals surface area contributed by atoms with Gasteiger partial charge in [-0.2, -0.15) is 0 Å². The van der Waals surface area contributed by atoms with Crippen LogP contribution in [0.2, 0.25) is 0 Å². The van der Waals surface area contributed by atoms with E-state index in [4.69, 9.17) is 0 Å². The molecule has 2 aromatic rings. The van der Waals surface area contributed by atoms with Gasteiger partial charge < -0.3 is 19.8 Å². The van der Waals surface area contributed by atoms with E-state index >= 15 is 0 Å². The second kappa shape index (κ2) is 13.9. The predicted octanol–water partition coefficient (Wildman–Crippen LogP) is 1.68. The molecule has 25 heavy (non-hydrogen) atoms. The third-order valence-electron chi connectivity index (χ3n) is 2.79. The van der Waals surface area contributed by atoms with Gasteiger partial charge in [0.2, 0.25) is 0 Å². The molecule has 0 fully saturated rings. The first-order valence-electron chi connectivity index (χ1n) is 7.41. The minimum absolute atomic E-state index is 0. The molecule has 0 aliphatic heterocycles. The number of hydrogen-bond acceptors (Lipinski definition) is 4. The third kappa shape index (κ3) is 12.6. The molecule has 2 aromatic carbocycles. The molecule has 0 amide bonds. The molecule has 0 aliphatic carbocycles. The number of benzene rings is 2. The zero-order chi connectivity index (χ0) is 17.6. The molecule has 4 nitrogen and oxygen atoms in total. The monoisotopic (exact) mass is 386 g/mol. The summed E-state index contributed by atoms with van der Waals surface area (Å²) >= 11 is 0. The van der Waals surface area contributed by atoms with Gasteiger partial charge in [-0.25, -0.2) is 0 Å². The zero-order valence-electron chi connectivity index (χ0n) is 13.8. The van der Waals surface area contributed by atoms with Crippen LogP contribution in [0, 0.1) is 0 Å². The fourth-order valence-electron chi connectivity index (χ4n) is 1.71. The number of aliphatic carboxylic acids is 2. The van der Waals surface area contributed by atoms with Crippen molar-refractivity contribution in [3.63, 3.8) is 0 Å². The number of carbonyl (C=O) groups is 2. The summed E-state index contributed by atoms with van der Waals surface area (Å²) in [6.07, 6.45) is 6.60. The van der Waals surface area contributed by atoms with Gasteiger partial charge in [0.25, 0.3) is 0 Å². The van der Waals surface area contributed by atoms with Gasteiger partial charge in [0, 0.05) is 24.8 Å². The normalized spacial score (nSPS) is 9.92. The molecule has 0 radical (unpaired) electrons. The molecule has 124 valence electrons. The van der Waals surface area contributed by atoms with E-state index in [0.29, 0.717) is 0 Å². The largest absolute Gasteiger partial charge is 2.00 e. The molecule has 5 heteroatoms. The average Bonchev–Trinajstić information content (AvgIpc) is 2.57. The van der Waals surface area contributed by atoms with E-state index in [9.17, 15) is 19.8 Å². The third-order valence-corrected chi connectivity index (χ3v) is 2.79. The minimum atomic E-state index is -1.05. The first kappa shape index (κ1) is 22.5. The van der Waals surface area contributed by atoms with Crippen LogP contribution in [0.25, 0.3) is 12.2 Å². The SMILES string of the molecule is O=C([O-])C/C=C/c1ccccc1.O=C([O-])C/C=C/c1ccccc1.[Zn+2]. The van der Waals surface area contributed by atoms with Crippen molar-refractivity contribution in [1.29, 1.82) is 0 Å². The van der Waals surface area contributed by atoms with Gasteiger partial charge in [-0.05, 0) is 11.1 Å². The molecular formula is C20H18O4Zn. The van der Waals surface area contributed by atoms with Crippen molar-refractivity contribution in [1.82, 2.24) is 0 Å². The summed E-state index contributed by atoms with van der Waals surface area (Å²) in [7, 11) is 0. The van der Waals surface area contributed by atoms with Crippen molar-refractivity contribution in [2.75, 3.05) is 0 Å². The Bertz CT molecular complexity index is 618. The zero-order valence-corrected chi connectivity index (χ0v) is 16.8. The molecule has 0 aliphatic rings. The Balaban J connectivity index is 0.000000443. The van der Waals surface area contributed by atoms with Gasteiger partial charge in [0.1, 0.15) is 0 Å². The Morgan fingerprint density at radius 2 is 1.00 bits per heavy atom. The molecule has 0 saturated heterocycles. The van der Waals surface area contributed by atoms with Crippen LogP contribution in [0.3, 0.4) is 0 Å². The quantitative estimate of drug-likeness (QED) is 0.706. The van der Waals surface area contributed by atoms with Gasteiger partial charge in [-0.1, -0.05) is 85.0 Å². The standard InChI is InChI=1S/2C10H10O2.Zn/c2*11-10(12)8-4-7-9-5-2-1-3-6-9;/h2*1-7H,8H2,(H,11,12);/q;;+2/p-2/b2*7-4+;. The summed E-state index contributed by atoms with van der Waals surface area (Å²) in [4.78, 5) is 20.1. The number of rotatable bonds is 6. The van der Waals surface area contributed by atoms with E-state index in [2.05, 4.69) is 0 Å². The molecule has 2 rings (SSSR count). The Labute approximate surface area is 160 Å². The summed E-state index contributed by atoms with van der Waals surface area (Å²) in [5, 5.41) is 20.1. The van der Waals surface area contributed by atoms with Gasteiger partial charge in [-0.15, -0.1) is 0 Å². The summed E-state index contributed by atoms with van der Waals surface area (Å²) in [5.41, 5.74) is 2.00. The molecule has 0 heterocycles. The average molecular weight is 388 g/mol. The first-order chi connectivity index (χ1) is 11.6. The minimum Gasteiger partial charge on any atom is -0.550 e. The van der Waals surface area contributed by atoms with E-state index in [1.54, 1.807) is 24.3 Å². The van der Waals surface area contributed by atoms with Crippen molar-refractivity contribution in [3.8, 4) is 0 Å². The molecule has 0 atom stereocenters. The van der Waals surface area contributed by atoms with Gasteiger partial charge in [0.15, 0.2) is 0 Å². The number of hydrogen-bond donors (Lipinski definition) is 0. The van der Waals surface area contributed by atoms with Crippen LogP contribution in [0.5, 0.6) is 0 Å². The van der Waals surface area contributed by atoms with Crippen LogP contribution >= 0.6 is 0 Å². The fraction of sp³-hybridized carbons (Fsp3) is 0.100. The molecule has 0 N–H and O–H groups in total. The maximum atomic E-state index is 10.0. The second-order valence-electron chi connectivity index (χ2n) is 4.78. The predicted molar refractivity (Wildman–Crippen MR) is 90.2 cm³/mol. The van der Waals surface area contributed by atoms with Crippen LogP contribution in [0.4, 0.5) is 0 Å². The summed E-state index contributed by atoms with van der Waals surface area (Å²) < 4.78 is 0. The smallest absolute Gasteiger partial charge is 0.550 e. The Kier molecular flexibility index (Phi) is 12.5. The van der Waals surface area contributed by atoms with Crippen LogP contribution in [-0.2, 0) is 29.1 Å². The summed E-state index contributed by atoms with van der Waals surface area (Å²) in [6, 6.07) is 19.1. The van der Waals surface area contributed by atoms with E-state index < -0.39 is 11.9 Å². The Morgan fingerprint density at radius 1 is 0.680 bits per heavy atom. The van der Waals surface area contributed by atoms with Crippen LogP contribution < -0.4 is 10.2 Å². The van der Waals surface area contributed by atoms with Gasteiger partial charge in [-0.3, -0.25) is 0 Å². The van der Waals surface area contributed by atoms with Crippen molar-refractivity contribution < 1.29 is 39.3 Å². The van der Waals surface area contributed by atoms with Crippen LogP contribution in [0.15, 0.2) is 72.8 Å². The maximum absolute atomic E-state index is 10.0. The second-order valence-corrected chi connectivity index (χ2v) is 4.78. The topological polar surface area (TPSA) is 80.3 Å². The van der Waals surface area contributed by atoms with E-state index in [1.165, 1.54) is 0 Å². The van der Waals surface area contributed by atoms with E-state index in [1.807, 2.05) is 60.7 Å². The molecule has 0 bridgehead atoms. The first-order valence-corrected chi connectivity index (χ1v) is 7.41. The number of carboxylic acid groups (broad SMARTS) is 2. The summed E-state index contributed by atoms with van der Waals surface area (Å²) in [5.74, 6) is -2.11. The molecule has 0 saturated carbocycles. The number of carbonyl (C=O) groups excluding carboxylic acids is 2. The van der Waals surface area contributed by atoms with Gasteiger partial charge in [0.05, 0.1) is 0 Å². The van der Waals surface area contributed by atoms with Crippen molar-refractivity contribution >= 4 is 24.1 Å². The van der Waals surface area contributed by atoms with E-state index in [0.717, 1.165) is 11.1 Å². The van der Waals surface area contributed by atoms with Crippen LogP contribution in [0.1, 0.15) is 24.0 Å². The molecule has 0 aromatic heterocycles. The van der Waals surface area contributed by atoms with Crippen molar-refractivity contribution in [2.24, 2.45) is 0 Å². The maximum Gasteiger partial charge on any atom is 2.00 e.